The quantitative estimate of drug-likeness (QED) is 0.319. The number of aryl methyl sites for hydroxylation is 1. The topological polar surface area (TPSA) is 12.9 Å². The minimum absolute atomic E-state index is 0.728. The van der Waals surface area contributed by atoms with E-state index in [2.05, 4.69) is 61.7 Å². The number of thiazole rings is 1. The van der Waals surface area contributed by atoms with Crippen molar-refractivity contribution in [2.75, 3.05) is 6.26 Å². The second kappa shape index (κ2) is 7.89. The van der Waals surface area contributed by atoms with E-state index >= 15 is 0 Å². The van der Waals surface area contributed by atoms with E-state index in [0.29, 0.717) is 0 Å². The fourth-order valence-corrected chi connectivity index (χ4v) is 5.11. The Kier molecular flexibility index (Phi) is 5.35. The standard InChI is InChI=1S/C23H18ClNS2/c1-15-11-13-16(14-12-15)21-22(18-8-4-6-10-20(18)26-2)27-23(25-21)17-7-3-5-9-19(17)24/h3-14H,1-2H3. The Bertz CT molecular complexity index is 1080. The van der Waals surface area contributed by atoms with Crippen LogP contribution in [0.3, 0.4) is 0 Å². The van der Waals surface area contributed by atoms with Crippen molar-refractivity contribution < 1.29 is 0 Å². The lowest BCUT2D eigenvalue weighted by atomic mass is 10.1. The van der Waals surface area contributed by atoms with Gasteiger partial charge in [-0.05, 0) is 25.3 Å². The van der Waals surface area contributed by atoms with E-state index in [1.807, 2.05) is 24.3 Å². The number of benzene rings is 3. The fraction of sp³-hybridized carbons (Fsp3) is 0.0870. The fourth-order valence-electron chi connectivity index (χ4n) is 2.99. The Labute approximate surface area is 173 Å². The van der Waals surface area contributed by atoms with Gasteiger partial charge in [0.1, 0.15) is 5.01 Å². The molecule has 0 N–H and O–H groups in total. The lowest BCUT2D eigenvalue weighted by molar-refractivity contribution is 1.38. The van der Waals surface area contributed by atoms with E-state index in [4.69, 9.17) is 16.6 Å². The molecule has 0 saturated carbocycles. The molecule has 0 aliphatic heterocycles. The molecule has 0 amide bonds. The van der Waals surface area contributed by atoms with Gasteiger partial charge in [-0.3, -0.25) is 0 Å². The van der Waals surface area contributed by atoms with Gasteiger partial charge in [0.2, 0.25) is 0 Å². The Balaban J connectivity index is 1.96. The minimum atomic E-state index is 0.728. The zero-order chi connectivity index (χ0) is 18.8. The summed E-state index contributed by atoms with van der Waals surface area (Å²) in [6.45, 7) is 2.10. The third-order valence-electron chi connectivity index (χ3n) is 4.41. The number of rotatable bonds is 4. The van der Waals surface area contributed by atoms with Crippen LogP contribution in [0, 0.1) is 6.92 Å². The van der Waals surface area contributed by atoms with E-state index in [9.17, 15) is 0 Å². The van der Waals surface area contributed by atoms with Crippen molar-refractivity contribution in [1.29, 1.82) is 0 Å². The average molecular weight is 408 g/mol. The normalized spacial score (nSPS) is 10.9. The van der Waals surface area contributed by atoms with Crippen molar-refractivity contribution in [2.45, 2.75) is 11.8 Å². The average Bonchev–Trinajstić information content (AvgIpc) is 3.14. The molecule has 0 aliphatic rings. The number of aromatic nitrogens is 1. The summed E-state index contributed by atoms with van der Waals surface area (Å²) in [7, 11) is 0. The first-order chi connectivity index (χ1) is 13.2. The molecular weight excluding hydrogens is 390 g/mol. The predicted molar refractivity (Wildman–Crippen MR) is 120 cm³/mol. The van der Waals surface area contributed by atoms with Gasteiger partial charge in [0.15, 0.2) is 0 Å². The first kappa shape index (κ1) is 18.3. The molecule has 1 heterocycles. The SMILES string of the molecule is CSc1ccccc1-c1sc(-c2ccccc2Cl)nc1-c1ccc(C)cc1. The van der Waals surface area contributed by atoms with Crippen LogP contribution in [0.4, 0.5) is 0 Å². The van der Waals surface area contributed by atoms with Crippen molar-refractivity contribution in [3.05, 3.63) is 83.4 Å². The predicted octanol–water partition coefficient (Wildman–Crippen LogP) is 7.83. The molecule has 27 heavy (non-hydrogen) atoms. The largest absolute Gasteiger partial charge is 0.235 e. The Morgan fingerprint density at radius 2 is 1.52 bits per heavy atom. The molecule has 0 aliphatic carbocycles. The molecule has 4 aromatic rings. The summed E-state index contributed by atoms with van der Waals surface area (Å²) in [6.07, 6.45) is 2.11. The summed E-state index contributed by atoms with van der Waals surface area (Å²) < 4.78 is 0. The van der Waals surface area contributed by atoms with Crippen LogP contribution >= 0.6 is 34.7 Å². The first-order valence-electron chi connectivity index (χ1n) is 8.63. The van der Waals surface area contributed by atoms with Crippen LogP contribution in [0.25, 0.3) is 32.3 Å². The van der Waals surface area contributed by atoms with Gasteiger partial charge in [0, 0.05) is 21.6 Å². The molecule has 0 radical (unpaired) electrons. The van der Waals surface area contributed by atoms with Crippen molar-refractivity contribution >= 4 is 34.7 Å². The molecule has 0 unspecified atom stereocenters. The molecule has 3 aromatic carbocycles. The van der Waals surface area contributed by atoms with Gasteiger partial charge in [-0.1, -0.05) is 77.8 Å². The van der Waals surface area contributed by atoms with Gasteiger partial charge >= 0.3 is 0 Å². The third kappa shape index (κ3) is 3.68. The number of halogens is 1. The second-order valence-electron chi connectivity index (χ2n) is 6.24. The monoisotopic (exact) mass is 407 g/mol. The summed E-state index contributed by atoms with van der Waals surface area (Å²) in [4.78, 5) is 7.45. The van der Waals surface area contributed by atoms with Crippen LogP contribution in [-0.2, 0) is 0 Å². The molecule has 0 atom stereocenters. The van der Waals surface area contributed by atoms with Gasteiger partial charge in [0.05, 0.1) is 15.6 Å². The van der Waals surface area contributed by atoms with Crippen molar-refractivity contribution in [3.63, 3.8) is 0 Å². The summed E-state index contributed by atoms with van der Waals surface area (Å²) in [5, 5.41) is 1.67. The number of nitrogens with zero attached hydrogens (tertiary/aromatic N) is 1. The van der Waals surface area contributed by atoms with Crippen LogP contribution in [0.15, 0.2) is 77.7 Å². The minimum Gasteiger partial charge on any atom is -0.235 e. The summed E-state index contributed by atoms with van der Waals surface area (Å²) in [6, 6.07) is 25.0. The van der Waals surface area contributed by atoms with E-state index in [-0.39, 0.29) is 0 Å². The van der Waals surface area contributed by atoms with Crippen molar-refractivity contribution in [1.82, 2.24) is 4.98 Å². The van der Waals surface area contributed by atoms with E-state index in [1.54, 1.807) is 23.1 Å². The smallest absolute Gasteiger partial charge is 0.126 e. The lowest BCUT2D eigenvalue weighted by Gasteiger charge is -2.07. The van der Waals surface area contributed by atoms with Gasteiger partial charge in [-0.25, -0.2) is 4.98 Å². The zero-order valence-electron chi connectivity index (χ0n) is 15.1. The van der Waals surface area contributed by atoms with Crippen LogP contribution < -0.4 is 0 Å². The van der Waals surface area contributed by atoms with E-state index in [0.717, 1.165) is 26.9 Å². The molecule has 134 valence electrons. The Hall–Kier alpha value is -2.07. The van der Waals surface area contributed by atoms with E-state index < -0.39 is 0 Å². The zero-order valence-corrected chi connectivity index (χ0v) is 17.5. The van der Waals surface area contributed by atoms with Crippen molar-refractivity contribution in [2.24, 2.45) is 0 Å². The maximum Gasteiger partial charge on any atom is 0.126 e. The molecule has 4 rings (SSSR count). The Morgan fingerprint density at radius 3 is 2.22 bits per heavy atom. The molecule has 4 heteroatoms. The Morgan fingerprint density at radius 1 is 0.852 bits per heavy atom. The van der Waals surface area contributed by atoms with Crippen molar-refractivity contribution in [3.8, 4) is 32.3 Å². The number of hydrogen-bond acceptors (Lipinski definition) is 3. The first-order valence-corrected chi connectivity index (χ1v) is 11.1. The highest BCUT2D eigenvalue weighted by Gasteiger charge is 2.19. The molecule has 0 saturated heterocycles. The van der Waals surface area contributed by atoms with Crippen LogP contribution in [-0.4, -0.2) is 11.2 Å². The van der Waals surface area contributed by atoms with Crippen LogP contribution in [0.2, 0.25) is 5.02 Å². The van der Waals surface area contributed by atoms with Crippen LogP contribution in [0.5, 0.6) is 0 Å². The summed E-state index contributed by atoms with van der Waals surface area (Å²) in [5.74, 6) is 0. The highest BCUT2D eigenvalue weighted by Crippen LogP contribution is 2.44. The molecule has 1 aromatic heterocycles. The molecule has 0 bridgehead atoms. The van der Waals surface area contributed by atoms with Crippen LogP contribution in [0.1, 0.15) is 5.56 Å². The summed E-state index contributed by atoms with van der Waals surface area (Å²) >= 11 is 9.91. The second-order valence-corrected chi connectivity index (χ2v) is 8.50. The van der Waals surface area contributed by atoms with Gasteiger partial charge in [-0.15, -0.1) is 23.1 Å². The van der Waals surface area contributed by atoms with E-state index in [1.165, 1.54) is 20.9 Å². The van der Waals surface area contributed by atoms with Gasteiger partial charge < -0.3 is 0 Å². The molecule has 0 spiro atoms. The summed E-state index contributed by atoms with van der Waals surface area (Å²) in [5.41, 5.74) is 5.57. The number of thioether (sulfide) groups is 1. The third-order valence-corrected chi connectivity index (χ3v) is 6.66. The van der Waals surface area contributed by atoms with Gasteiger partial charge in [-0.2, -0.15) is 0 Å². The molecular formula is C23H18ClNS2. The maximum atomic E-state index is 6.45. The highest BCUT2D eigenvalue weighted by molar-refractivity contribution is 7.98. The van der Waals surface area contributed by atoms with Gasteiger partial charge in [0.25, 0.3) is 0 Å². The molecule has 0 fully saturated rings. The number of hydrogen-bond donors (Lipinski definition) is 0. The maximum absolute atomic E-state index is 6.45. The lowest BCUT2D eigenvalue weighted by Crippen LogP contribution is -1.85. The highest BCUT2D eigenvalue weighted by atomic mass is 35.5. The molecule has 1 nitrogen and oxygen atoms in total.